The Labute approximate surface area is 135 Å². The van der Waals surface area contributed by atoms with Gasteiger partial charge in [-0.2, -0.15) is 0 Å². The summed E-state index contributed by atoms with van der Waals surface area (Å²) in [6.45, 7) is 4.63. The highest BCUT2D eigenvalue weighted by Gasteiger charge is 2.34. The quantitative estimate of drug-likeness (QED) is 0.455. The minimum atomic E-state index is -0.00791. The Bertz CT molecular complexity index is 1100. The molecule has 0 unspecified atom stereocenters. The molecule has 0 atom stereocenters. The van der Waals surface area contributed by atoms with Gasteiger partial charge in [-0.25, -0.2) is 0 Å². The van der Waals surface area contributed by atoms with E-state index in [1.807, 2.05) is 6.07 Å². The molecule has 2 nitrogen and oxygen atoms in total. The van der Waals surface area contributed by atoms with Crippen LogP contribution in [-0.4, -0.2) is 4.57 Å². The molecule has 0 aliphatic carbocycles. The zero-order chi connectivity index (χ0) is 15.8. The van der Waals surface area contributed by atoms with Crippen molar-refractivity contribution in [1.82, 2.24) is 4.57 Å². The molecule has 23 heavy (non-hydrogen) atoms. The largest absolute Gasteiger partial charge is 0.399 e. The number of benzene rings is 3. The molecule has 2 heterocycles. The number of nitrogens with two attached hydrogens (primary N) is 1. The summed E-state index contributed by atoms with van der Waals surface area (Å²) in [6, 6.07) is 21.6. The molecule has 2 heteroatoms. The van der Waals surface area contributed by atoms with E-state index in [2.05, 4.69) is 73.0 Å². The first-order valence-electron chi connectivity index (χ1n) is 8.02. The number of nitrogen functional groups attached to an aromatic ring is 1. The summed E-state index contributed by atoms with van der Waals surface area (Å²) in [5.41, 5.74) is 13.4. The van der Waals surface area contributed by atoms with Gasteiger partial charge in [0.15, 0.2) is 0 Å². The Morgan fingerprint density at radius 1 is 0.826 bits per heavy atom. The Balaban J connectivity index is 2.13. The van der Waals surface area contributed by atoms with Crippen LogP contribution in [0.25, 0.3) is 27.5 Å². The molecular formula is C21H18N2. The standard InChI is InChI=1S/C21H18N2/c1-21(2)16-7-3-4-9-19(16)23-18-11-10-13(22)12-15(18)14-6-5-8-17(21)20(14)23/h3-12H,22H2,1-2H3. The van der Waals surface area contributed by atoms with E-state index in [0.717, 1.165) is 5.69 Å². The monoisotopic (exact) mass is 298 g/mol. The predicted molar refractivity (Wildman–Crippen MR) is 97.3 cm³/mol. The molecule has 0 bridgehead atoms. The van der Waals surface area contributed by atoms with E-state index in [4.69, 9.17) is 5.73 Å². The van der Waals surface area contributed by atoms with Crippen LogP contribution in [-0.2, 0) is 5.41 Å². The minimum absolute atomic E-state index is 0.00791. The summed E-state index contributed by atoms with van der Waals surface area (Å²) in [7, 11) is 0. The number of anilines is 1. The lowest BCUT2D eigenvalue weighted by molar-refractivity contribution is 0.630. The lowest BCUT2D eigenvalue weighted by Gasteiger charge is -2.34. The normalized spacial score (nSPS) is 15.0. The summed E-state index contributed by atoms with van der Waals surface area (Å²) in [6.07, 6.45) is 0. The van der Waals surface area contributed by atoms with Gasteiger partial charge in [-0.15, -0.1) is 0 Å². The fourth-order valence-electron chi connectivity index (χ4n) is 4.18. The molecular weight excluding hydrogens is 280 g/mol. The fourth-order valence-corrected chi connectivity index (χ4v) is 4.18. The number of para-hydroxylation sites is 2. The van der Waals surface area contributed by atoms with Gasteiger partial charge >= 0.3 is 0 Å². The van der Waals surface area contributed by atoms with Crippen molar-refractivity contribution < 1.29 is 0 Å². The lowest BCUT2D eigenvalue weighted by atomic mass is 9.75. The number of rotatable bonds is 0. The average Bonchev–Trinajstić information content (AvgIpc) is 2.88. The summed E-state index contributed by atoms with van der Waals surface area (Å²) >= 11 is 0. The van der Waals surface area contributed by atoms with Crippen LogP contribution in [0.1, 0.15) is 25.0 Å². The summed E-state index contributed by atoms with van der Waals surface area (Å²) in [5, 5.41) is 2.52. The van der Waals surface area contributed by atoms with Gasteiger partial charge in [0.25, 0.3) is 0 Å². The Hall–Kier alpha value is -2.74. The third-order valence-electron chi connectivity index (χ3n) is 5.30. The predicted octanol–water partition coefficient (Wildman–Crippen LogP) is 5.01. The van der Waals surface area contributed by atoms with Crippen molar-refractivity contribution in [3.05, 3.63) is 71.8 Å². The maximum Gasteiger partial charge on any atom is 0.0582 e. The van der Waals surface area contributed by atoms with Gasteiger partial charge in [0.05, 0.1) is 16.7 Å². The van der Waals surface area contributed by atoms with Crippen molar-refractivity contribution in [2.24, 2.45) is 0 Å². The molecule has 1 aliphatic rings. The molecule has 0 saturated carbocycles. The van der Waals surface area contributed by atoms with E-state index in [9.17, 15) is 0 Å². The zero-order valence-electron chi connectivity index (χ0n) is 13.3. The zero-order valence-corrected chi connectivity index (χ0v) is 13.3. The first-order chi connectivity index (χ1) is 11.1. The molecule has 3 aromatic carbocycles. The second-order valence-electron chi connectivity index (χ2n) is 6.96. The molecule has 0 amide bonds. The van der Waals surface area contributed by atoms with Crippen LogP contribution in [0, 0.1) is 0 Å². The van der Waals surface area contributed by atoms with Crippen LogP contribution in [0.5, 0.6) is 0 Å². The van der Waals surface area contributed by atoms with Gasteiger partial charge in [-0.1, -0.05) is 50.2 Å². The van der Waals surface area contributed by atoms with Gasteiger partial charge in [0.1, 0.15) is 0 Å². The highest BCUT2D eigenvalue weighted by Crippen LogP contribution is 2.47. The highest BCUT2D eigenvalue weighted by atomic mass is 15.0. The van der Waals surface area contributed by atoms with E-state index in [1.54, 1.807) is 0 Å². The Morgan fingerprint density at radius 2 is 1.61 bits per heavy atom. The molecule has 1 aromatic heterocycles. The third kappa shape index (κ3) is 1.43. The van der Waals surface area contributed by atoms with Gasteiger partial charge in [0, 0.05) is 21.9 Å². The summed E-state index contributed by atoms with van der Waals surface area (Å²) < 4.78 is 2.40. The molecule has 0 radical (unpaired) electrons. The van der Waals surface area contributed by atoms with Crippen LogP contribution in [0.2, 0.25) is 0 Å². The molecule has 2 N–H and O–H groups in total. The van der Waals surface area contributed by atoms with Crippen molar-refractivity contribution in [2.75, 3.05) is 5.73 Å². The second kappa shape index (κ2) is 3.96. The number of aromatic nitrogens is 1. The third-order valence-corrected chi connectivity index (χ3v) is 5.30. The number of fused-ring (bicyclic) bond motifs is 5. The van der Waals surface area contributed by atoms with E-state index in [-0.39, 0.29) is 5.41 Å². The van der Waals surface area contributed by atoms with Gasteiger partial charge in [-0.05, 0) is 35.4 Å². The van der Waals surface area contributed by atoms with Crippen LogP contribution >= 0.6 is 0 Å². The van der Waals surface area contributed by atoms with E-state index in [0.29, 0.717) is 0 Å². The van der Waals surface area contributed by atoms with Crippen LogP contribution in [0.15, 0.2) is 60.7 Å². The lowest BCUT2D eigenvalue weighted by Crippen LogP contribution is -2.26. The minimum Gasteiger partial charge on any atom is -0.399 e. The van der Waals surface area contributed by atoms with Crippen molar-refractivity contribution >= 4 is 27.5 Å². The maximum absolute atomic E-state index is 6.06. The van der Waals surface area contributed by atoms with Crippen LogP contribution in [0.4, 0.5) is 5.69 Å². The fraction of sp³-hybridized carbons (Fsp3) is 0.143. The van der Waals surface area contributed by atoms with Gasteiger partial charge in [-0.3, -0.25) is 0 Å². The van der Waals surface area contributed by atoms with Gasteiger partial charge < -0.3 is 10.3 Å². The SMILES string of the molecule is CC1(C)c2ccccc2-n2c3ccc(N)cc3c3cccc1c32. The molecule has 112 valence electrons. The van der Waals surface area contributed by atoms with E-state index < -0.39 is 0 Å². The van der Waals surface area contributed by atoms with Crippen molar-refractivity contribution in [3.8, 4) is 5.69 Å². The first-order valence-corrected chi connectivity index (χ1v) is 8.02. The van der Waals surface area contributed by atoms with Crippen molar-refractivity contribution in [3.63, 3.8) is 0 Å². The highest BCUT2D eigenvalue weighted by molar-refractivity contribution is 6.12. The Morgan fingerprint density at radius 3 is 2.48 bits per heavy atom. The Kier molecular flexibility index (Phi) is 2.20. The maximum atomic E-state index is 6.06. The molecule has 1 aliphatic heterocycles. The van der Waals surface area contributed by atoms with Crippen molar-refractivity contribution in [1.29, 1.82) is 0 Å². The average molecular weight is 298 g/mol. The molecule has 5 rings (SSSR count). The molecule has 0 spiro atoms. The molecule has 0 fully saturated rings. The van der Waals surface area contributed by atoms with Crippen molar-refractivity contribution in [2.45, 2.75) is 19.3 Å². The smallest absolute Gasteiger partial charge is 0.0582 e. The number of hydrogen-bond donors (Lipinski definition) is 1. The van der Waals surface area contributed by atoms with Crippen LogP contribution in [0.3, 0.4) is 0 Å². The van der Waals surface area contributed by atoms with E-state index >= 15 is 0 Å². The second-order valence-corrected chi connectivity index (χ2v) is 6.96. The first kappa shape index (κ1) is 12.8. The number of nitrogens with zero attached hydrogens (tertiary/aromatic N) is 1. The molecule has 4 aromatic rings. The van der Waals surface area contributed by atoms with Crippen LogP contribution < -0.4 is 5.73 Å². The van der Waals surface area contributed by atoms with E-state index in [1.165, 1.54) is 38.6 Å². The van der Waals surface area contributed by atoms with Gasteiger partial charge in [0.2, 0.25) is 0 Å². The number of hydrogen-bond acceptors (Lipinski definition) is 1. The topological polar surface area (TPSA) is 30.9 Å². The summed E-state index contributed by atoms with van der Waals surface area (Å²) in [4.78, 5) is 0. The molecule has 0 saturated heterocycles. The summed E-state index contributed by atoms with van der Waals surface area (Å²) in [5.74, 6) is 0.